The van der Waals surface area contributed by atoms with Gasteiger partial charge in [-0.05, 0) is 18.6 Å². The Labute approximate surface area is 193 Å². The van der Waals surface area contributed by atoms with Crippen LogP contribution < -0.4 is 15.4 Å². The van der Waals surface area contributed by atoms with Crippen molar-refractivity contribution in [2.45, 2.75) is 32.5 Å². The third kappa shape index (κ3) is 6.56. The maximum absolute atomic E-state index is 11.2. The van der Waals surface area contributed by atoms with Gasteiger partial charge in [-0.3, -0.25) is 15.1 Å². The molecule has 1 saturated heterocycles. The van der Waals surface area contributed by atoms with Gasteiger partial charge in [-0.15, -0.1) is 24.0 Å². The van der Waals surface area contributed by atoms with Gasteiger partial charge < -0.3 is 20.1 Å². The van der Waals surface area contributed by atoms with Crippen molar-refractivity contribution >= 4 is 35.6 Å². The standard InChI is InChI=1S/C21H26N4O4.HI/c1-15-7-8-17(20(11-15)29-18-9-10-28-14-18)13-24-21(22-2)23-12-16-5-3-4-6-19(16)25(26)27;/h3-8,11,18H,9-10,12-14H2,1-2H3,(H2,22,23,24);1H. The normalized spacial score (nSPS) is 15.9. The van der Waals surface area contributed by atoms with E-state index < -0.39 is 0 Å². The molecule has 30 heavy (non-hydrogen) atoms. The van der Waals surface area contributed by atoms with Crippen LogP contribution in [0.1, 0.15) is 23.1 Å². The third-order valence-electron chi connectivity index (χ3n) is 4.71. The first-order chi connectivity index (χ1) is 14.1. The van der Waals surface area contributed by atoms with Crippen LogP contribution >= 0.6 is 24.0 Å². The zero-order valence-corrected chi connectivity index (χ0v) is 19.4. The highest BCUT2D eigenvalue weighted by atomic mass is 127. The Kier molecular flexibility index (Phi) is 9.31. The average molecular weight is 526 g/mol. The van der Waals surface area contributed by atoms with E-state index in [0.29, 0.717) is 31.2 Å². The van der Waals surface area contributed by atoms with Crippen LogP contribution in [0.4, 0.5) is 5.69 Å². The van der Waals surface area contributed by atoms with E-state index in [1.807, 2.05) is 25.1 Å². The minimum Gasteiger partial charge on any atom is -0.488 e. The molecule has 1 aliphatic rings. The molecule has 0 bridgehead atoms. The molecule has 1 fully saturated rings. The second-order valence-electron chi connectivity index (χ2n) is 6.88. The summed E-state index contributed by atoms with van der Waals surface area (Å²) in [4.78, 5) is 15.0. The van der Waals surface area contributed by atoms with E-state index >= 15 is 0 Å². The molecule has 1 unspecified atom stereocenters. The molecule has 3 rings (SSSR count). The number of guanidine groups is 1. The number of ether oxygens (including phenoxy) is 2. The molecule has 2 N–H and O–H groups in total. The monoisotopic (exact) mass is 526 g/mol. The van der Waals surface area contributed by atoms with Gasteiger partial charge in [0.25, 0.3) is 5.69 Å². The van der Waals surface area contributed by atoms with Gasteiger partial charge in [0.1, 0.15) is 11.9 Å². The van der Waals surface area contributed by atoms with E-state index in [1.165, 1.54) is 6.07 Å². The second-order valence-corrected chi connectivity index (χ2v) is 6.88. The summed E-state index contributed by atoms with van der Waals surface area (Å²) in [6, 6.07) is 12.8. The first-order valence-corrected chi connectivity index (χ1v) is 9.57. The molecule has 1 atom stereocenters. The SMILES string of the molecule is CN=C(NCc1ccc(C)cc1OC1CCOC1)NCc1ccccc1[N+](=O)[O-].I. The molecule has 0 aliphatic carbocycles. The number of nitro benzene ring substituents is 1. The number of nitro groups is 1. The summed E-state index contributed by atoms with van der Waals surface area (Å²) in [6.07, 6.45) is 0.964. The Bertz CT molecular complexity index is 885. The highest BCUT2D eigenvalue weighted by Gasteiger charge is 2.19. The summed E-state index contributed by atoms with van der Waals surface area (Å²) >= 11 is 0. The lowest BCUT2D eigenvalue weighted by molar-refractivity contribution is -0.385. The Morgan fingerprint density at radius 3 is 2.63 bits per heavy atom. The average Bonchev–Trinajstić information content (AvgIpc) is 3.22. The summed E-state index contributed by atoms with van der Waals surface area (Å²) in [5.74, 6) is 1.39. The molecule has 1 aliphatic heterocycles. The molecule has 0 amide bonds. The second kappa shape index (κ2) is 11.7. The number of nitrogens with one attached hydrogen (secondary N) is 2. The maximum Gasteiger partial charge on any atom is 0.274 e. The molecule has 0 spiro atoms. The van der Waals surface area contributed by atoms with Crippen LogP contribution in [0.15, 0.2) is 47.5 Å². The summed E-state index contributed by atoms with van der Waals surface area (Å²) in [6.45, 7) is 4.18. The fourth-order valence-corrected chi connectivity index (χ4v) is 3.12. The number of benzene rings is 2. The van der Waals surface area contributed by atoms with Crippen molar-refractivity contribution in [1.82, 2.24) is 10.6 Å². The summed E-state index contributed by atoms with van der Waals surface area (Å²) < 4.78 is 11.5. The lowest BCUT2D eigenvalue weighted by Crippen LogP contribution is -2.36. The van der Waals surface area contributed by atoms with Crippen molar-refractivity contribution in [3.05, 3.63) is 69.3 Å². The minimum absolute atomic E-state index is 0. The predicted molar refractivity (Wildman–Crippen MR) is 127 cm³/mol. The highest BCUT2D eigenvalue weighted by Crippen LogP contribution is 2.24. The van der Waals surface area contributed by atoms with Gasteiger partial charge in [-0.25, -0.2) is 0 Å². The summed E-state index contributed by atoms with van der Waals surface area (Å²) in [5.41, 5.74) is 2.82. The zero-order valence-electron chi connectivity index (χ0n) is 17.1. The first-order valence-electron chi connectivity index (χ1n) is 9.57. The lowest BCUT2D eigenvalue weighted by atomic mass is 10.1. The molecule has 2 aromatic carbocycles. The Hall–Kier alpha value is -2.40. The van der Waals surface area contributed by atoms with Crippen molar-refractivity contribution in [3.8, 4) is 5.75 Å². The molecule has 1 heterocycles. The zero-order chi connectivity index (χ0) is 20.6. The smallest absolute Gasteiger partial charge is 0.274 e. The third-order valence-corrected chi connectivity index (χ3v) is 4.71. The van der Waals surface area contributed by atoms with Crippen LogP contribution in [0.2, 0.25) is 0 Å². The van der Waals surface area contributed by atoms with Crippen LogP contribution in [0, 0.1) is 17.0 Å². The molecule has 0 radical (unpaired) electrons. The predicted octanol–water partition coefficient (Wildman–Crippen LogP) is 3.55. The Balaban J connectivity index is 0.00000320. The molecule has 2 aromatic rings. The van der Waals surface area contributed by atoms with Crippen molar-refractivity contribution in [2.75, 3.05) is 20.3 Å². The van der Waals surface area contributed by atoms with Crippen molar-refractivity contribution in [2.24, 2.45) is 4.99 Å². The van der Waals surface area contributed by atoms with Gasteiger partial charge in [-0.2, -0.15) is 0 Å². The summed E-state index contributed by atoms with van der Waals surface area (Å²) in [5, 5.41) is 17.5. The van der Waals surface area contributed by atoms with Crippen molar-refractivity contribution in [1.29, 1.82) is 0 Å². The fourth-order valence-electron chi connectivity index (χ4n) is 3.12. The first kappa shape index (κ1) is 23.9. The summed E-state index contributed by atoms with van der Waals surface area (Å²) in [7, 11) is 1.66. The molecular formula is C21H27IN4O4. The van der Waals surface area contributed by atoms with Crippen LogP contribution in [-0.2, 0) is 17.8 Å². The number of hydrogen-bond acceptors (Lipinski definition) is 5. The molecule has 162 valence electrons. The molecule has 0 aromatic heterocycles. The van der Waals surface area contributed by atoms with E-state index in [1.54, 1.807) is 25.2 Å². The topological polar surface area (TPSA) is 98.0 Å². The number of aliphatic imine (C=N–C) groups is 1. The Morgan fingerprint density at radius 2 is 1.97 bits per heavy atom. The van der Waals surface area contributed by atoms with E-state index in [4.69, 9.17) is 9.47 Å². The maximum atomic E-state index is 11.2. The molecule has 9 heteroatoms. The van der Waals surface area contributed by atoms with E-state index in [0.717, 1.165) is 29.9 Å². The minimum atomic E-state index is -0.379. The Morgan fingerprint density at radius 1 is 1.23 bits per heavy atom. The molecule has 8 nitrogen and oxygen atoms in total. The van der Waals surface area contributed by atoms with Gasteiger partial charge >= 0.3 is 0 Å². The van der Waals surface area contributed by atoms with Crippen molar-refractivity contribution < 1.29 is 14.4 Å². The molecular weight excluding hydrogens is 499 g/mol. The van der Waals surface area contributed by atoms with Gasteiger partial charge in [0.2, 0.25) is 0 Å². The van der Waals surface area contributed by atoms with Gasteiger partial charge in [0, 0.05) is 43.8 Å². The van der Waals surface area contributed by atoms with Gasteiger partial charge in [0.05, 0.1) is 18.1 Å². The van der Waals surface area contributed by atoms with Gasteiger partial charge in [-0.1, -0.05) is 30.3 Å². The van der Waals surface area contributed by atoms with Crippen LogP contribution in [-0.4, -0.2) is 37.2 Å². The number of hydrogen-bond donors (Lipinski definition) is 2. The fraction of sp³-hybridized carbons (Fsp3) is 0.381. The van der Waals surface area contributed by atoms with Crippen molar-refractivity contribution in [3.63, 3.8) is 0 Å². The molecule has 0 saturated carbocycles. The number of halogens is 1. The quantitative estimate of drug-likeness (QED) is 0.188. The van der Waals surface area contributed by atoms with Crippen LogP contribution in [0.5, 0.6) is 5.75 Å². The van der Waals surface area contributed by atoms with Gasteiger partial charge in [0.15, 0.2) is 5.96 Å². The van der Waals surface area contributed by atoms with Crippen LogP contribution in [0.25, 0.3) is 0 Å². The van der Waals surface area contributed by atoms with Crippen LogP contribution in [0.3, 0.4) is 0 Å². The highest BCUT2D eigenvalue weighted by molar-refractivity contribution is 14.0. The van der Waals surface area contributed by atoms with E-state index in [2.05, 4.69) is 15.6 Å². The number of nitrogens with zero attached hydrogens (tertiary/aromatic N) is 2. The number of rotatable bonds is 7. The van der Waals surface area contributed by atoms with E-state index in [9.17, 15) is 10.1 Å². The van der Waals surface area contributed by atoms with E-state index in [-0.39, 0.29) is 40.7 Å². The number of aryl methyl sites for hydroxylation is 1. The number of para-hydroxylation sites is 1. The lowest BCUT2D eigenvalue weighted by Gasteiger charge is -2.18. The largest absolute Gasteiger partial charge is 0.488 e.